The molecule has 4 aromatic carbocycles. The zero-order valence-electron chi connectivity index (χ0n) is 25.8. The van der Waals surface area contributed by atoms with Crippen LogP contribution in [0.2, 0.25) is 0 Å². The van der Waals surface area contributed by atoms with Crippen LogP contribution in [0.15, 0.2) is 109 Å². The highest BCUT2D eigenvalue weighted by atomic mass is 32.1. The monoisotopic (exact) mass is 627 g/mol. The van der Waals surface area contributed by atoms with E-state index in [1.54, 1.807) is 31.6 Å². The Bertz CT molecular complexity index is 1960. The molecule has 1 aliphatic carbocycles. The molecule has 0 fully saturated rings. The number of thiophene rings is 1. The largest absolute Gasteiger partial charge is 0.497 e. The van der Waals surface area contributed by atoms with Gasteiger partial charge in [0.1, 0.15) is 29.0 Å². The number of nitrogens with zero attached hydrogens (tertiary/aromatic N) is 2. The third-order valence-electron chi connectivity index (χ3n) is 8.26. The number of carbonyl (C=O) groups excluding carboxylic acids is 1. The molecule has 6 aromatic rings. The van der Waals surface area contributed by atoms with Crippen LogP contribution in [-0.2, 0) is 13.0 Å². The van der Waals surface area contributed by atoms with Crippen LogP contribution in [0.3, 0.4) is 0 Å². The molecule has 8 heteroatoms. The molecular formula is C38H33N3O4S. The average Bonchev–Trinajstić information content (AvgIpc) is 3.80. The normalized spacial score (nSPS) is 11.7. The van der Waals surface area contributed by atoms with E-state index in [9.17, 15) is 4.79 Å². The maximum Gasteiger partial charge on any atom is 0.412 e. The predicted octanol–water partition coefficient (Wildman–Crippen LogP) is 8.43. The molecule has 2 aromatic heterocycles. The zero-order valence-corrected chi connectivity index (χ0v) is 26.6. The van der Waals surface area contributed by atoms with Crippen LogP contribution >= 0.6 is 11.3 Å². The molecular weight excluding hydrogens is 595 g/mol. The maximum atomic E-state index is 12.5. The van der Waals surface area contributed by atoms with Crippen LogP contribution in [0, 0.1) is 6.92 Å². The molecule has 0 radical (unpaired) electrons. The molecule has 0 aliphatic heterocycles. The number of hydrogen-bond acceptors (Lipinski definition) is 6. The van der Waals surface area contributed by atoms with E-state index >= 15 is 0 Å². The number of aryl methyl sites for hydroxylation is 1. The smallest absolute Gasteiger partial charge is 0.412 e. The fraction of sp³-hybridized carbons (Fsp3) is 0.158. The summed E-state index contributed by atoms with van der Waals surface area (Å²) in [5.74, 6) is 2.13. The Morgan fingerprint density at radius 1 is 0.848 bits per heavy atom. The molecule has 0 unspecified atom stereocenters. The van der Waals surface area contributed by atoms with Crippen molar-refractivity contribution >= 4 is 17.4 Å². The van der Waals surface area contributed by atoms with Gasteiger partial charge in [0.25, 0.3) is 0 Å². The van der Waals surface area contributed by atoms with Crippen LogP contribution in [0.1, 0.15) is 38.7 Å². The molecule has 0 saturated carbocycles. The van der Waals surface area contributed by atoms with Crippen molar-refractivity contribution in [2.75, 3.05) is 14.2 Å². The summed E-state index contributed by atoms with van der Waals surface area (Å²) < 4.78 is 18.6. The zero-order chi connectivity index (χ0) is 31.6. The van der Waals surface area contributed by atoms with Crippen molar-refractivity contribution in [1.29, 1.82) is 0 Å². The molecule has 1 N–H and O–H groups in total. The lowest BCUT2D eigenvalue weighted by molar-refractivity contribution is 0.200. The number of benzene rings is 4. The fourth-order valence-corrected chi connectivity index (χ4v) is 6.99. The highest BCUT2D eigenvalue weighted by molar-refractivity contribution is 7.15. The maximum absolute atomic E-state index is 12.5. The van der Waals surface area contributed by atoms with Gasteiger partial charge >= 0.3 is 6.09 Å². The van der Waals surface area contributed by atoms with Crippen LogP contribution in [0.5, 0.6) is 17.2 Å². The van der Waals surface area contributed by atoms with E-state index < -0.39 is 6.09 Å². The molecule has 0 bridgehead atoms. The van der Waals surface area contributed by atoms with Gasteiger partial charge in [-0.05, 0) is 77.7 Å². The summed E-state index contributed by atoms with van der Waals surface area (Å²) in [6, 6.07) is 36.3. The van der Waals surface area contributed by atoms with E-state index in [2.05, 4.69) is 64.6 Å². The third-order valence-corrected chi connectivity index (χ3v) is 9.35. The predicted molar refractivity (Wildman–Crippen MR) is 181 cm³/mol. The molecule has 0 saturated heterocycles. The molecule has 1 amide bonds. The Morgan fingerprint density at radius 3 is 2.22 bits per heavy atom. The van der Waals surface area contributed by atoms with Crippen LogP contribution in [-0.4, -0.2) is 30.1 Å². The van der Waals surface area contributed by atoms with Gasteiger partial charge < -0.3 is 19.5 Å². The lowest BCUT2D eigenvalue weighted by Crippen LogP contribution is -2.25. The first kappa shape index (κ1) is 29.4. The van der Waals surface area contributed by atoms with Gasteiger partial charge in [-0.25, -0.2) is 4.79 Å². The number of aromatic nitrogens is 2. The molecule has 46 heavy (non-hydrogen) atoms. The molecule has 0 spiro atoms. The number of carbonyl (C=O) groups is 1. The second-order valence-electron chi connectivity index (χ2n) is 11.2. The van der Waals surface area contributed by atoms with Crippen molar-refractivity contribution in [2.24, 2.45) is 0 Å². The van der Waals surface area contributed by atoms with Crippen LogP contribution in [0.25, 0.3) is 21.8 Å². The lowest BCUT2D eigenvalue weighted by Gasteiger charge is -2.22. The summed E-state index contributed by atoms with van der Waals surface area (Å²) >= 11 is 1.63. The summed E-state index contributed by atoms with van der Waals surface area (Å²) in [4.78, 5) is 14.6. The summed E-state index contributed by atoms with van der Waals surface area (Å²) in [6.07, 6.45) is 0.315. The molecule has 1 aliphatic rings. The second kappa shape index (κ2) is 12.6. The number of nitrogens with one attached hydrogen (secondary N) is 1. The van der Waals surface area contributed by atoms with Gasteiger partial charge in [-0.2, -0.15) is 5.10 Å². The SMILES string of the molecule is COc1ccc(C(c2ccc(OC)cc2)n2nc(-c3ccc(CNC(=O)Oc4cccc(C)c4)s3)c3c2-c2ccccc2C3)cc1. The summed E-state index contributed by atoms with van der Waals surface area (Å²) in [5, 5.41) is 8.25. The molecule has 7 rings (SSSR count). The Balaban J connectivity index is 1.25. The van der Waals surface area contributed by atoms with Gasteiger partial charge in [-0.1, -0.05) is 60.7 Å². The van der Waals surface area contributed by atoms with Gasteiger partial charge in [0.2, 0.25) is 0 Å². The lowest BCUT2D eigenvalue weighted by atomic mass is 9.97. The van der Waals surface area contributed by atoms with E-state index in [1.807, 2.05) is 55.5 Å². The topological polar surface area (TPSA) is 74.6 Å². The first-order valence-corrected chi connectivity index (χ1v) is 15.9. The molecule has 2 heterocycles. The highest BCUT2D eigenvalue weighted by Gasteiger charge is 2.32. The minimum atomic E-state index is -0.483. The van der Waals surface area contributed by atoms with Crippen molar-refractivity contribution in [1.82, 2.24) is 15.1 Å². The van der Waals surface area contributed by atoms with Gasteiger partial charge in [-0.3, -0.25) is 4.68 Å². The molecule has 230 valence electrons. The standard InChI is InChI=1S/C38H33N3O4S/c1-24-7-6-9-30(21-24)45-38(42)39-23-31-19-20-34(46-31)35-33-22-27-8-4-5-10-32(27)37(33)41(40-35)36(25-11-15-28(43-2)16-12-25)26-13-17-29(44-3)18-14-26/h4-21,36H,22-23H2,1-3H3,(H,39,42). The van der Waals surface area contributed by atoms with Crippen molar-refractivity contribution in [3.8, 4) is 39.1 Å². The van der Waals surface area contributed by atoms with Gasteiger partial charge in [0.05, 0.1) is 31.3 Å². The number of fused-ring (bicyclic) bond motifs is 3. The number of ether oxygens (including phenoxy) is 3. The van der Waals surface area contributed by atoms with Crippen molar-refractivity contribution in [3.05, 3.63) is 142 Å². The average molecular weight is 628 g/mol. The first-order valence-electron chi connectivity index (χ1n) is 15.1. The van der Waals surface area contributed by atoms with Crippen molar-refractivity contribution < 1.29 is 19.0 Å². The second-order valence-corrected chi connectivity index (χ2v) is 12.4. The Labute approximate surface area is 272 Å². The van der Waals surface area contributed by atoms with E-state index in [-0.39, 0.29) is 6.04 Å². The number of amides is 1. The van der Waals surface area contributed by atoms with Gasteiger partial charge in [0, 0.05) is 22.4 Å². The van der Waals surface area contributed by atoms with Crippen LogP contribution in [0.4, 0.5) is 4.79 Å². The van der Waals surface area contributed by atoms with E-state index in [4.69, 9.17) is 19.3 Å². The summed E-state index contributed by atoms with van der Waals surface area (Å²) in [5.41, 5.74) is 8.97. The van der Waals surface area contributed by atoms with E-state index in [0.717, 1.165) is 55.8 Å². The van der Waals surface area contributed by atoms with Gasteiger partial charge in [0.15, 0.2) is 0 Å². The minimum absolute atomic E-state index is 0.192. The number of methoxy groups -OCH3 is 2. The first-order chi connectivity index (χ1) is 22.5. The fourth-order valence-electron chi connectivity index (χ4n) is 6.03. The third kappa shape index (κ3) is 5.75. The molecule has 0 atom stereocenters. The van der Waals surface area contributed by atoms with E-state index in [1.165, 1.54) is 16.7 Å². The molecule has 7 nitrogen and oxygen atoms in total. The quantitative estimate of drug-likeness (QED) is 0.174. The minimum Gasteiger partial charge on any atom is -0.497 e. The summed E-state index contributed by atoms with van der Waals surface area (Å²) in [7, 11) is 3.36. The van der Waals surface area contributed by atoms with Crippen LogP contribution < -0.4 is 19.5 Å². The highest BCUT2D eigenvalue weighted by Crippen LogP contribution is 2.46. The van der Waals surface area contributed by atoms with Crippen molar-refractivity contribution in [3.63, 3.8) is 0 Å². The number of rotatable bonds is 9. The summed E-state index contributed by atoms with van der Waals surface area (Å²) in [6.45, 7) is 2.32. The van der Waals surface area contributed by atoms with Crippen molar-refractivity contribution in [2.45, 2.75) is 25.9 Å². The number of hydrogen-bond donors (Lipinski definition) is 1. The van der Waals surface area contributed by atoms with Gasteiger partial charge in [-0.15, -0.1) is 11.3 Å². The Morgan fingerprint density at radius 2 is 1.54 bits per heavy atom. The van der Waals surface area contributed by atoms with E-state index in [0.29, 0.717) is 12.3 Å². The Kier molecular flexibility index (Phi) is 8.03. The Hall–Kier alpha value is -5.34.